The summed E-state index contributed by atoms with van der Waals surface area (Å²) in [7, 11) is 0. The molecule has 0 aliphatic heterocycles. The van der Waals surface area contributed by atoms with Crippen molar-refractivity contribution in [2.24, 2.45) is 0 Å². The lowest BCUT2D eigenvalue weighted by molar-refractivity contribution is 0.593. The van der Waals surface area contributed by atoms with Gasteiger partial charge >= 0.3 is 0 Å². The maximum Gasteiger partial charge on any atom is 0.155 e. The fourth-order valence-electron chi connectivity index (χ4n) is 0.656. The zero-order valence-corrected chi connectivity index (χ0v) is 8.21. The molecular formula is C7H6BrFOS. The quantitative estimate of drug-likeness (QED) is 0.687. The number of halogens is 2. The second-order valence-electron chi connectivity index (χ2n) is 2.03. The number of hydrogen-bond donors (Lipinski definition) is 0. The van der Waals surface area contributed by atoms with Gasteiger partial charge in [0, 0.05) is 6.07 Å². The summed E-state index contributed by atoms with van der Waals surface area (Å²) in [5.74, 6) is -0.377. The number of benzene rings is 1. The predicted molar refractivity (Wildman–Crippen MR) is 46.4 cm³/mol. The highest BCUT2D eigenvalue weighted by molar-refractivity contribution is 9.10. The van der Waals surface area contributed by atoms with E-state index in [1.165, 1.54) is 12.3 Å². The monoisotopic (exact) mass is 236 g/mol. The van der Waals surface area contributed by atoms with E-state index >= 15 is 0 Å². The Hall–Kier alpha value is -0.0600. The summed E-state index contributed by atoms with van der Waals surface area (Å²) in [6.45, 7) is 0. The van der Waals surface area contributed by atoms with Crippen LogP contribution in [0.1, 0.15) is 0 Å². The van der Waals surface area contributed by atoms with Crippen LogP contribution < -0.4 is 0 Å². The molecule has 1 atom stereocenters. The Morgan fingerprint density at radius 3 is 2.64 bits per heavy atom. The van der Waals surface area contributed by atoms with Crippen molar-refractivity contribution in [3.63, 3.8) is 0 Å². The van der Waals surface area contributed by atoms with Crippen LogP contribution in [0.15, 0.2) is 27.6 Å². The Morgan fingerprint density at radius 1 is 1.55 bits per heavy atom. The third kappa shape index (κ3) is 2.18. The summed E-state index contributed by atoms with van der Waals surface area (Å²) >= 11 is 1.90. The summed E-state index contributed by atoms with van der Waals surface area (Å²) < 4.78 is 24.0. The van der Waals surface area contributed by atoms with Gasteiger partial charge in [0.05, 0.1) is 4.47 Å². The van der Waals surface area contributed by atoms with E-state index in [4.69, 9.17) is 0 Å². The molecule has 1 aromatic rings. The van der Waals surface area contributed by atoms with Crippen molar-refractivity contribution in [1.29, 1.82) is 0 Å². The molecule has 0 saturated heterocycles. The molecule has 0 bridgehead atoms. The minimum Gasteiger partial charge on any atom is -0.612 e. The van der Waals surface area contributed by atoms with E-state index in [9.17, 15) is 8.94 Å². The topological polar surface area (TPSA) is 23.1 Å². The zero-order valence-electron chi connectivity index (χ0n) is 5.80. The maximum absolute atomic E-state index is 12.8. The van der Waals surface area contributed by atoms with Crippen molar-refractivity contribution in [2.75, 3.05) is 6.26 Å². The molecule has 1 nitrogen and oxygen atoms in total. The summed E-state index contributed by atoms with van der Waals surface area (Å²) in [5.41, 5.74) is 0. The molecule has 0 aromatic heterocycles. The van der Waals surface area contributed by atoms with E-state index in [-0.39, 0.29) is 5.82 Å². The van der Waals surface area contributed by atoms with E-state index < -0.39 is 11.2 Å². The minimum atomic E-state index is -1.11. The van der Waals surface area contributed by atoms with Crippen LogP contribution in [0.3, 0.4) is 0 Å². The zero-order chi connectivity index (χ0) is 8.43. The highest BCUT2D eigenvalue weighted by atomic mass is 79.9. The summed E-state index contributed by atoms with van der Waals surface area (Å²) in [5, 5.41) is 0. The number of rotatable bonds is 1. The van der Waals surface area contributed by atoms with E-state index in [1.54, 1.807) is 12.1 Å². The fraction of sp³-hybridized carbons (Fsp3) is 0.143. The first-order valence-electron chi connectivity index (χ1n) is 2.90. The third-order valence-electron chi connectivity index (χ3n) is 1.22. The second kappa shape index (κ2) is 3.56. The molecule has 1 unspecified atom stereocenters. The first kappa shape index (κ1) is 9.03. The van der Waals surface area contributed by atoms with Crippen molar-refractivity contribution in [1.82, 2.24) is 0 Å². The van der Waals surface area contributed by atoms with E-state index in [2.05, 4.69) is 15.9 Å². The largest absolute Gasteiger partial charge is 0.612 e. The minimum absolute atomic E-state index is 0.377. The van der Waals surface area contributed by atoms with Crippen molar-refractivity contribution in [3.8, 4) is 0 Å². The van der Waals surface area contributed by atoms with Crippen LogP contribution >= 0.6 is 15.9 Å². The van der Waals surface area contributed by atoms with Crippen LogP contribution in [-0.2, 0) is 11.2 Å². The van der Waals surface area contributed by atoms with Gasteiger partial charge < -0.3 is 4.55 Å². The average Bonchev–Trinajstić information content (AvgIpc) is 1.94. The van der Waals surface area contributed by atoms with Crippen LogP contribution in [0.2, 0.25) is 0 Å². The van der Waals surface area contributed by atoms with E-state index in [1.807, 2.05) is 0 Å². The molecule has 1 rings (SSSR count). The molecule has 0 saturated carbocycles. The van der Waals surface area contributed by atoms with Gasteiger partial charge in [-0.1, -0.05) is 0 Å². The molecule has 0 radical (unpaired) electrons. The first-order chi connectivity index (χ1) is 5.11. The smallest absolute Gasteiger partial charge is 0.155 e. The molecule has 11 heavy (non-hydrogen) atoms. The lowest BCUT2D eigenvalue weighted by Crippen LogP contribution is -1.97. The molecule has 60 valence electrons. The molecule has 0 aliphatic rings. The molecule has 0 heterocycles. The maximum atomic E-state index is 12.8. The Balaban J connectivity index is 3.05. The molecule has 0 aliphatic carbocycles. The molecular weight excluding hydrogens is 231 g/mol. The van der Waals surface area contributed by atoms with Crippen LogP contribution in [0.5, 0.6) is 0 Å². The van der Waals surface area contributed by atoms with Crippen LogP contribution in [0.4, 0.5) is 4.39 Å². The van der Waals surface area contributed by atoms with Gasteiger partial charge in [-0.15, -0.1) is 0 Å². The van der Waals surface area contributed by atoms with Crippen LogP contribution in [0.25, 0.3) is 0 Å². The van der Waals surface area contributed by atoms with Crippen molar-refractivity contribution < 1.29 is 8.94 Å². The van der Waals surface area contributed by atoms with Gasteiger partial charge in [0.25, 0.3) is 0 Å². The Kier molecular flexibility index (Phi) is 2.92. The SMILES string of the molecule is C[S+]([O-])c1ccc(Br)c(F)c1. The number of hydrogen-bond acceptors (Lipinski definition) is 1. The van der Waals surface area contributed by atoms with Crippen LogP contribution in [-0.4, -0.2) is 10.8 Å². The normalized spacial score (nSPS) is 13.1. The van der Waals surface area contributed by atoms with E-state index in [0.29, 0.717) is 9.37 Å². The van der Waals surface area contributed by atoms with Gasteiger partial charge in [-0.25, -0.2) is 4.39 Å². The van der Waals surface area contributed by atoms with Gasteiger partial charge in [-0.2, -0.15) is 0 Å². The van der Waals surface area contributed by atoms with Gasteiger partial charge in [-0.3, -0.25) is 0 Å². The predicted octanol–water partition coefficient (Wildman–Crippen LogP) is 2.33. The van der Waals surface area contributed by atoms with Gasteiger partial charge in [0.1, 0.15) is 12.1 Å². The molecule has 0 amide bonds. The van der Waals surface area contributed by atoms with Gasteiger partial charge in [-0.05, 0) is 39.2 Å². The molecule has 0 N–H and O–H groups in total. The molecule has 0 fully saturated rings. The summed E-state index contributed by atoms with van der Waals surface area (Å²) in [6.07, 6.45) is 1.52. The lowest BCUT2D eigenvalue weighted by atomic mass is 10.3. The second-order valence-corrected chi connectivity index (χ2v) is 4.26. The van der Waals surface area contributed by atoms with Crippen molar-refractivity contribution in [3.05, 3.63) is 28.5 Å². The summed E-state index contributed by atoms with van der Waals surface area (Å²) in [4.78, 5) is 0.505. The Bertz CT molecular complexity index is 265. The van der Waals surface area contributed by atoms with Gasteiger partial charge in [0.15, 0.2) is 4.90 Å². The highest BCUT2D eigenvalue weighted by Gasteiger charge is 2.06. The third-order valence-corrected chi connectivity index (χ3v) is 2.78. The average molecular weight is 237 g/mol. The Morgan fingerprint density at radius 2 is 2.18 bits per heavy atom. The molecule has 1 aromatic carbocycles. The first-order valence-corrected chi connectivity index (χ1v) is 5.25. The highest BCUT2D eigenvalue weighted by Crippen LogP contribution is 2.18. The standard InChI is InChI=1S/C7H6BrFOS/c1-11(10)5-2-3-6(8)7(9)4-5/h2-4H,1H3. The van der Waals surface area contributed by atoms with Crippen molar-refractivity contribution >= 4 is 27.1 Å². The fourth-order valence-corrected chi connectivity index (χ4v) is 1.43. The molecule has 0 spiro atoms. The summed E-state index contributed by atoms with van der Waals surface area (Å²) in [6, 6.07) is 4.44. The van der Waals surface area contributed by atoms with Crippen LogP contribution in [0, 0.1) is 5.82 Å². The molecule has 4 heteroatoms. The van der Waals surface area contributed by atoms with Gasteiger partial charge in [0.2, 0.25) is 0 Å². The Labute approximate surface area is 75.9 Å². The van der Waals surface area contributed by atoms with E-state index in [0.717, 1.165) is 0 Å². The van der Waals surface area contributed by atoms with Crippen molar-refractivity contribution in [2.45, 2.75) is 4.90 Å². The lowest BCUT2D eigenvalue weighted by Gasteiger charge is -2.03.